The van der Waals surface area contributed by atoms with Gasteiger partial charge in [0.15, 0.2) is 0 Å². The van der Waals surface area contributed by atoms with E-state index in [1.165, 1.54) is 0 Å². The van der Waals surface area contributed by atoms with Gasteiger partial charge in [0.05, 0.1) is 19.8 Å². The van der Waals surface area contributed by atoms with Crippen LogP contribution in [0.15, 0.2) is 42.6 Å². The van der Waals surface area contributed by atoms with Crippen LogP contribution in [0.4, 0.5) is 0 Å². The summed E-state index contributed by atoms with van der Waals surface area (Å²) < 4.78 is 10.9. The van der Waals surface area contributed by atoms with Gasteiger partial charge in [-0.15, -0.1) is 0 Å². The van der Waals surface area contributed by atoms with Crippen LogP contribution in [0.3, 0.4) is 0 Å². The zero-order valence-electron chi connectivity index (χ0n) is 11.2. The second kappa shape index (κ2) is 6.20. The molecular weight excluding hydrogens is 240 g/mol. The van der Waals surface area contributed by atoms with E-state index in [0.29, 0.717) is 18.1 Å². The van der Waals surface area contributed by atoms with Crippen molar-refractivity contribution in [1.82, 2.24) is 4.98 Å². The molecule has 0 aliphatic rings. The lowest BCUT2D eigenvalue weighted by atomic mass is 10.0. The smallest absolute Gasteiger partial charge is 0.142 e. The lowest BCUT2D eigenvalue weighted by Gasteiger charge is -2.17. The van der Waals surface area contributed by atoms with Gasteiger partial charge in [-0.3, -0.25) is 4.98 Å². The van der Waals surface area contributed by atoms with E-state index in [-0.39, 0.29) is 6.04 Å². The molecule has 100 valence electrons. The maximum atomic E-state index is 6.30. The van der Waals surface area contributed by atoms with Gasteiger partial charge in [0.2, 0.25) is 0 Å². The number of para-hydroxylation sites is 1. The largest absolute Gasteiger partial charge is 0.495 e. The second-order valence-electron chi connectivity index (χ2n) is 4.04. The molecule has 1 heterocycles. The summed E-state index contributed by atoms with van der Waals surface area (Å²) >= 11 is 0. The van der Waals surface area contributed by atoms with E-state index >= 15 is 0 Å². The lowest BCUT2D eigenvalue weighted by molar-refractivity contribution is 0.334. The van der Waals surface area contributed by atoms with Crippen LogP contribution in [-0.4, -0.2) is 18.7 Å². The van der Waals surface area contributed by atoms with Crippen molar-refractivity contribution in [2.24, 2.45) is 5.73 Å². The molecule has 1 aromatic carbocycles. The summed E-state index contributed by atoms with van der Waals surface area (Å²) in [6, 6.07) is 11.0. The van der Waals surface area contributed by atoms with Gasteiger partial charge in [-0.25, -0.2) is 0 Å². The summed E-state index contributed by atoms with van der Waals surface area (Å²) in [4.78, 5) is 4.32. The molecule has 1 aromatic heterocycles. The van der Waals surface area contributed by atoms with Gasteiger partial charge in [-0.2, -0.15) is 0 Å². The number of rotatable bonds is 5. The number of benzene rings is 1. The van der Waals surface area contributed by atoms with Crippen LogP contribution in [0.2, 0.25) is 0 Å². The monoisotopic (exact) mass is 258 g/mol. The van der Waals surface area contributed by atoms with E-state index in [9.17, 15) is 0 Å². The average Bonchev–Trinajstić information content (AvgIpc) is 2.47. The molecule has 2 N–H and O–H groups in total. The molecule has 0 bridgehead atoms. The molecule has 4 heteroatoms. The molecule has 0 spiro atoms. The summed E-state index contributed by atoms with van der Waals surface area (Å²) in [5, 5.41) is 0. The quantitative estimate of drug-likeness (QED) is 0.895. The molecule has 0 aliphatic carbocycles. The Hall–Kier alpha value is -2.07. The van der Waals surface area contributed by atoms with E-state index in [0.717, 1.165) is 11.3 Å². The van der Waals surface area contributed by atoms with E-state index in [2.05, 4.69) is 4.98 Å². The number of methoxy groups -OCH3 is 1. The van der Waals surface area contributed by atoms with Crippen LogP contribution in [0, 0.1) is 0 Å². The zero-order chi connectivity index (χ0) is 13.7. The predicted molar refractivity (Wildman–Crippen MR) is 74.4 cm³/mol. The molecule has 2 aromatic rings. The molecule has 2 rings (SSSR count). The molecule has 0 saturated carbocycles. The van der Waals surface area contributed by atoms with E-state index in [1.54, 1.807) is 13.3 Å². The summed E-state index contributed by atoms with van der Waals surface area (Å²) in [7, 11) is 1.61. The topological polar surface area (TPSA) is 57.4 Å². The first-order valence-electron chi connectivity index (χ1n) is 6.24. The molecular formula is C15H18N2O2. The van der Waals surface area contributed by atoms with Gasteiger partial charge >= 0.3 is 0 Å². The molecule has 0 amide bonds. The highest BCUT2D eigenvalue weighted by molar-refractivity contribution is 5.43. The SMILES string of the molecule is CCOc1ccccc1C(N)c1ncccc1OC. The number of ether oxygens (including phenoxy) is 2. The number of aromatic nitrogens is 1. The fourth-order valence-electron chi connectivity index (χ4n) is 1.98. The minimum atomic E-state index is -0.376. The van der Waals surface area contributed by atoms with Gasteiger partial charge in [0.25, 0.3) is 0 Å². The summed E-state index contributed by atoms with van der Waals surface area (Å²) in [5.74, 6) is 1.46. The molecule has 1 unspecified atom stereocenters. The third-order valence-electron chi connectivity index (χ3n) is 2.87. The number of nitrogens with zero attached hydrogens (tertiary/aromatic N) is 1. The number of nitrogens with two attached hydrogens (primary N) is 1. The first kappa shape index (κ1) is 13.4. The summed E-state index contributed by atoms with van der Waals surface area (Å²) in [6.45, 7) is 2.55. The molecule has 4 nitrogen and oxygen atoms in total. The van der Waals surface area contributed by atoms with Crippen LogP contribution >= 0.6 is 0 Å². The highest BCUT2D eigenvalue weighted by Crippen LogP contribution is 2.31. The minimum Gasteiger partial charge on any atom is -0.495 e. The Morgan fingerprint density at radius 1 is 1.16 bits per heavy atom. The summed E-state index contributed by atoms with van der Waals surface area (Å²) in [5.41, 5.74) is 7.91. The molecule has 19 heavy (non-hydrogen) atoms. The van der Waals surface area contributed by atoms with Crippen LogP contribution < -0.4 is 15.2 Å². The fourth-order valence-corrected chi connectivity index (χ4v) is 1.98. The predicted octanol–water partition coefficient (Wildman–Crippen LogP) is 2.54. The summed E-state index contributed by atoms with van der Waals surface area (Å²) in [6.07, 6.45) is 1.71. The Morgan fingerprint density at radius 3 is 2.63 bits per heavy atom. The first-order valence-corrected chi connectivity index (χ1v) is 6.24. The standard InChI is InChI=1S/C15H18N2O2/c1-3-19-12-8-5-4-7-11(12)14(16)15-13(18-2)9-6-10-17-15/h4-10,14H,3,16H2,1-2H3. The van der Waals surface area contributed by atoms with Gasteiger partial charge in [0, 0.05) is 11.8 Å². The second-order valence-corrected chi connectivity index (χ2v) is 4.04. The Morgan fingerprint density at radius 2 is 1.89 bits per heavy atom. The Bertz CT molecular complexity index is 543. The number of hydrogen-bond donors (Lipinski definition) is 1. The molecule has 0 saturated heterocycles. The van der Waals surface area contributed by atoms with Crippen LogP contribution in [-0.2, 0) is 0 Å². The maximum Gasteiger partial charge on any atom is 0.142 e. The zero-order valence-corrected chi connectivity index (χ0v) is 11.2. The van der Waals surface area contributed by atoms with Crippen molar-refractivity contribution in [3.8, 4) is 11.5 Å². The van der Waals surface area contributed by atoms with Crippen molar-refractivity contribution in [3.05, 3.63) is 53.9 Å². The van der Waals surface area contributed by atoms with Gasteiger partial charge in [-0.05, 0) is 25.1 Å². The highest BCUT2D eigenvalue weighted by Gasteiger charge is 2.18. The molecule has 0 aliphatic heterocycles. The normalized spacial score (nSPS) is 11.9. The van der Waals surface area contributed by atoms with Crippen LogP contribution in [0.5, 0.6) is 11.5 Å². The first-order chi connectivity index (χ1) is 9.27. The van der Waals surface area contributed by atoms with Gasteiger partial charge in [-0.1, -0.05) is 18.2 Å². The van der Waals surface area contributed by atoms with E-state index in [4.69, 9.17) is 15.2 Å². The highest BCUT2D eigenvalue weighted by atomic mass is 16.5. The fraction of sp³-hybridized carbons (Fsp3) is 0.267. The molecule has 0 fully saturated rings. The van der Waals surface area contributed by atoms with E-state index < -0.39 is 0 Å². The Labute approximate surface area is 113 Å². The Balaban J connectivity index is 2.41. The third-order valence-corrected chi connectivity index (χ3v) is 2.87. The van der Waals surface area contributed by atoms with E-state index in [1.807, 2.05) is 43.3 Å². The lowest BCUT2D eigenvalue weighted by Crippen LogP contribution is -2.16. The third kappa shape index (κ3) is 2.85. The van der Waals surface area contributed by atoms with Crippen molar-refractivity contribution in [2.75, 3.05) is 13.7 Å². The number of hydrogen-bond acceptors (Lipinski definition) is 4. The van der Waals surface area contributed by atoms with Crippen LogP contribution in [0.25, 0.3) is 0 Å². The number of pyridine rings is 1. The van der Waals surface area contributed by atoms with Crippen LogP contribution in [0.1, 0.15) is 24.2 Å². The van der Waals surface area contributed by atoms with Crippen molar-refractivity contribution in [3.63, 3.8) is 0 Å². The van der Waals surface area contributed by atoms with Crippen molar-refractivity contribution < 1.29 is 9.47 Å². The maximum absolute atomic E-state index is 6.30. The van der Waals surface area contributed by atoms with Crippen molar-refractivity contribution in [1.29, 1.82) is 0 Å². The van der Waals surface area contributed by atoms with Gasteiger partial charge in [0.1, 0.15) is 17.2 Å². The molecule has 0 radical (unpaired) electrons. The minimum absolute atomic E-state index is 0.376. The van der Waals surface area contributed by atoms with Gasteiger partial charge < -0.3 is 15.2 Å². The molecule has 1 atom stereocenters. The Kier molecular flexibility index (Phi) is 4.36. The average molecular weight is 258 g/mol. The van der Waals surface area contributed by atoms with Crippen molar-refractivity contribution >= 4 is 0 Å². The van der Waals surface area contributed by atoms with Crippen molar-refractivity contribution in [2.45, 2.75) is 13.0 Å².